The maximum atomic E-state index is 12.2. The van der Waals surface area contributed by atoms with Gasteiger partial charge in [-0.15, -0.1) is 11.3 Å². The van der Waals surface area contributed by atoms with Crippen LogP contribution in [-0.4, -0.2) is 26.1 Å². The minimum Gasteiger partial charge on any atom is -0.497 e. The lowest BCUT2D eigenvalue weighted by molar-refractivity contribution is 0.0602. The van der Waals surface area contributed by atoms with Gasteiger partial charge in [0.05, 0.1) is 19.8 Å². The number of carbonyl (C=O) groups excluding carboxylic acids is 2. The average Bonchev–Trinajstić information content (AvgIpc) is 2.87. The summed E-state index contributed by atoms with van der Waals surface area (Å²) < 4.78 is 9.80. The zero-order valence-corrected chi connectivity index (χ0v) is 12.7. The number of rotatable bonds is 4. The Morgan fingerprint density at radius 1 is 1.19 bits per heavy atom. The number of hydrogen-bond acceptors (Lipinski definition) is 5. The van der Waals surface area contributed by atoms with E-state index in [-0.39, 0.29) is 5.91 Å². The van der Waals surface area contributed by atoms with Crippen LogP contribution in [0.4, 0.5) is 5.00 Å². The molecule has 21 heavy (non-hydrogen) atoms. The summed E-state index contributed by atoms with van der Waals surface area (Å²) in [5.41, 5.74) is 0.812. The van der Waals surface area contributed by atoms with Gasteiger partial charge in [-0.25, -0.2) is 4.79 Å². The Morgan fingerprint density at radius 2 is 1.95 bits per heavy atom. The van der Waals surface area contributed by atoms with Gasteiger partial charge in [0, 0.05) is 10.4 Å². The minimum absolute atomic E-state index is 0.305. The Labute approximate surface area is 126 Å². The van der Waals surface area contributed by atoms with Crippen LogP contribution in [-0.2, 0) is 4.74 Å². The maximum Gasteiger partial charge on any atom is 0.340 e. The maximum absolute atomic E-state index is 12.2. The number of anilines is 1. The topological polar surface area (TPSA) is 64.6 Å². The molecule has 0 aliphatic heterocycles. The molecule has 2 rings (SSSR count). The van der Waals surface area contributed by atoms with Gasteiger partial charge in [0.2, 0.25) is 0 Å². The predicted octanol–water partition coefficient (Wildman–Crippen LogP) is 3.10. The zero-order chi connectivity index (χ0) is 15.4. The summed E-state index contributed by atoms with van der Waals surface area (Å²) in [7, 11) is 2.85. The highest BCUT2D eigenvalue weighted by atomic mass is 32.1. The van der Waals surface area contributed by atoms with E-state index in [1.165, 1.54) is 25.6 Å². The molecule has 0 atom stereocenters. The second kappa shape index (κ2) is 6.41. The Balaban J connectivity index is 2.25. The third-order valence-electron chi connectivity index (χ3n) is 2.82. The van der Waals surface area contributed by atoms with E-state index < -0.39 is 5.97 Å². The van der Waals surface area contributed by atoms with Crippen LogP contribution in [0.25, 0.3) is 0 Å². The van der Waals surface area contributed by atoms with E-state index in [0.29, 0.717) is 21.9 Å². The summed E-state index contributed by atoms with van der Waals surface area (Å²) in [5, 5.41) is 3.22. The number of aryl methyl sites for hydroxylation is 1. The van der Waals surface area contributed by atoms with Crippen LogP contribution in [0.5, 0.6) is 5.75 Å². The second-order valence-corrected chi connectivity index (χ2v) is 5.53. The fourth-order valence-electron chi connectivity index (χ4n) is 1.81. The van der Waals surface area contributed by atoms with Crippen molar-refractivity contribution < 1.29 is 19.1 Å². The summed E-state index contributed by atoms with van der Waals surface area (Å²) in [6, 6.07) is 8.49. The number of esters is 1. The molecule has 1 heterocycles. The van der Waals surface area contributed by atoms with Crippen molar-refractivity contribution in [3.05, 3.63) is 46.3 Å². The van der Waals surface area contributed by atoms with Gasteiger partial charge in [-0.1, -0.05) is 6.07 Å². The van der Waals surface area contributed by atoms with Crippen LogP contribution in [0, 0.1) is 6.92 Å². The zero-order valence-electron chi connectivity index (χ0n) is 11.9. The van der Waals surface area contributed by atoms with E-state index in [1.807, 2.05) is 6.92 Å². The van der Waals surface area contributed by atoms with Crippen molar-refractivity contribution in [3.63, 3.8) is 0 Å². The van der Waals surface area contributed by atoms with Crippen molar-refractivity contribution >= 4 is 28.2 Å². The molecule has 2 aromatic rings. The van der Waals surface area contributed by atoms with Gasteiger partial charge in [0.25, 0.3) is 5.91 Å². The molecule has 1 aromatic heterocycles. The Kier molecular flexibility index (Phi) is 4.59. The first-order valence-corrected chi connectivity index (χ1v) is 7.01. The Bertz CT molecular complexity index is 678. The third-order valence-corrected chi connectivity index (χ3v) is 3.79. The Morgan fingerprint density at radius 3 is 2.62 bits per heavy atom. The third kappa shape index (κ3) is 3.41. The molecule has 0 bridgehead atoms. The molecule has 110 valence electrons. The number of benzene rings is 1. The summed E-state index contributed by atoms with van der Waals surface area (Å²) >= 11 is 1.33. The minimum atomic E-state index is -0.472. The molecule has 0 aliphatic carbocycles. The van der Waals surface area contributed by atoms with Crippen molar-refractivity contribution in [2.45, 2.75) is 6.92 Å². The Hall–Kier alpha value is -2.34. The lowest BCUT2D eigenvalue weighted by Crippen LogP contribution is -2.13. The molecule has 5 nitrogen and oxygen atoms in total. The molecule has 1 amide bonds. The van der Waals surface area contributed by atoms with Gasteiger partial charge < -0.3 is 14.8 Å². The summed E-state index contributed by atoms with van der Waals surface area (Å²) in [6.45, 7) is 1.86. The fraction of sp³-hybridized carbons (Fsp3) is 0.200. The van der Waals surface area contributed by atoms with Crippen LogP contribution >= 0.6 is 11.3 Å². The average molecular weight is 305 g/mol. The normalized spacial score (nSPS) is 10.0. The molecule has 1 aromatic carbocycles. The van der Waals surface area contributed by atoms with Crippen LogP contribution in [0.1, 0.15) is 25.6 Å². The van der Waals surface area contributed by atoms with Gasteiger partial charge in [-0.05, 0) is 31.2 Å². The first kappa shape index (κ1) is 15.1. The number of amides is 1. The second-order valence-electron chi connectivity index (χ2n) is 4.28. The largest absolute Gasteiger partial charge is 0.497 e. The molecule has 0 aliphatic rings. The summed E-state index contributed by atoms with van der Waals surface area (Å²) in [4.78, 5) is 24.8. The molecule has 0 fully saturated rings. The van der Waals surface area contributed by atoms with E-state index in [0.717, 1.165) is 4.88 Å². The van der Waals surface area contributed by atoms with Crippen LogP contribution in [0.2, 0.25) is 0 Å². The highest BCUT2D eigenvalue weighted by Crippen LogP contribution is 2.28. The SMILES string of the molecule is COC(=O)c1cc(C)sc1NC(=O)c1cccc(OC)c1. The lowest BCUT2D eigenvalue weighted by Gasteiger charge is -2.06. The van der Waals surface area contributed by atoms with Gasteiger partial charge in [-0.3, -0.25) is 4.79 Å². The van der Waals surface area contributed by atoms with E-state index in [1.54, 1.807) is 30.3 Å². The highest BCUT2D eigenvalue weighted by Gasteiger charge is 2.18. The smallest absolute Gasteiger partial charge is 0.340 e. The first-order valence-electron chi connectivity index (χ1n) is 6.19. The molecule has 0 saturated heterocycles. The number of methoxy groups -OCH3 is 2. The molecule has 6 heteroatoms. The van der Waals surface area contributed by atoms with E-state index in [9.17, 15) is 9.59 Å². The molecular weight excluding hydrogens is 290 g/mol. The predicted molar refractivity (Wildman–Crippen MR) is 81.3 cm³/mol. The van der Waals surface area contributed by atoms with Gasteiger partial charge in [0.1, 0.15) is 10.8 Å². The van der Waals surface area contributed by atoms with E-state index >= 15 is 0 Å². The number of nitrogens with one attached hydrogen (secondary N) is 1. The van der Waals surface area contributed by atoms with E-state index in [4.69, 9.17) is 9.47 Å². The van der Waals surface area contributed by atoms with Crippen molar-refractivity contribution in [1.29, 1.82) is 0 Å². The van der Waals surface area contributed by atoms with Crippen molar-refractivity contribution in [2.75, 3.05) is 19.5 Å². The molecule has 0 saturated carbocycles. The van der Waals surface area contributed by atoms with Crippen LogP contribution in [0.15, 0.2) is 30.3 Å². The number of thiophene rings is 1. The number of hydrogen-bond donors (Lipinski definition) is 1. The highest BCUT2D eigenvalue weighted by molar-refractivity contribution is 7.16. The number of ether oxygens (including phenoxy) is 2. The molecule has 1 N–H and O–H groups in total. The molecule has 0 radical (unpaired) electrons. The van der Waals surface area contributed by atoms with Gasteiger partial charge >= 0.3 is 5.97 Å². The fourth-order valence-corrected chi connectivity index (χ4v) is 2.70. The summed E-state index contributed by atoms with van der Waals surface area (Å²) in [5.74, 6) is -0.181. The standard InChI is InChI=1S/C15H15NO4S/c1-9-7-12(15(18)20-3)14(21-9)16-13(17)10-5-4-6-11(8-10)19-2/h4-8H,1-3H3,(H,16,17). The van der Waals surface area contributed by atoms with Crippen molar-refractivity contribution in [2.24, 2.45) is 0 Å². The monoisotopic (exact) mass is 305 g/mol. The van der Waals surface area contributed by atoms with Crippen molar-refractivity contribution in [3.8, 4) is 5.75 Å². The summed E-state index contributed by atoms with van der Waals surface area (Å²) in [6.07, 6.45) is 0. The quantitative estimate of drug-likeness (QED) is 0.882. The van der Waals surface area contributed by atoms with E-state index in [2.05, 4.69) is 5.32 Å². The molecule has 0 unspecified atom stereocenters. The van der Waals surface area contributed by atoms with Crippen LogP contribution in [0.3, 0.4) is 0 Å². The molecular formula is C15H15NO4S. The molecule has 0 spiro atoms. The van der Waals surface area contributed by atoms with Gasteiger partial charge in [-0.2, -0.15) is 0 Å². The first-order chi connectivity index (χ1) is 10.0. The van der Waals surface area contributed by atoms with Crippen LogP contribution < -0.4 is 10.1 Å². The van der Waals surface area contributed by atoms with Gasteiger partial charge in [0.15, 0.2) is 0 Å². The van der Waals surface area contributed by atoms with Crippen molar-refractivity contribution in [1.82, 2.24) is 0 Å². The lowest BCUT2D eigenvalue weighted by atomic mass is 10.2. The number of carbonyl (C=O) groups is 2.